The molecule has 9 heteroatoms. The lowest BCUT2D eigenvalue weighted by Crippen LogP contribution is -2.20. The van der Waals surface area contributed by atoms with E-state index in [2.05, 4.69) is 15.5 Å². The van der Waals surface area contributed by atoms with Crippen LogP contribution in [0.5, 0.6) is 5.88 Å². The molecule has 0 aliphatic rings. The van der Waals surface area contributed by atoms with E-state index < -0.39 is 0 Å². The van der Waals surface area contributed by atoms with E-state index in [9.17, 15) is 4.79 Å². The van der Waals surface area contributed by atoms with E-state index in [4.69, 9.17) is 32.5 Å². The highest BCUT2D eigenvalue weighted by Gasteiger charge is 2.10. The number of amides is 1. The first kappa shape index (κ1) is 17.7. The SMILES string of the molecule is Cc1cc(OCC(=O)Nc2ncc(Cc3ccc(Cl)cc3Cl)s2)no1. The van der Waals surface area contributed by atoms with Crippen molar-refractivity contribution in [3.8, 4) is 5.88 Å². The molecule has 0 atom stereocenters. The smallest absolute Gasteiger partial charge is 0.264 e. The number of ether oxygens (including phenoxy) is 1. The fourth-order valence-corrected chi connectivity index (χ4v) is 3.33. The average Bonchev–Trinajstić information content (AvgIpc) is 3.17. The number of thiazole rings is 1. The first-order chi connectivity index (χ1) is 12.0. The van der Waals surface area contributed by atoms with Crippen LogP contribution in [0.15, 0.2) is 35.0 Å². The molecule has 1 aromatic carbocycles. The van der Waals surface area contributed by atoms with Gasteiger partial charge in [0.15, 0.2) is 11.7 Å². The third kappa shape index (κ3) is 4.94. The number of aryl methyl sites for hydroxylation is 1. The molecule has 0 bridgehead atoms. The second-order valence-electron chi connectivity index (χ2n) is 5.16. The van der Waals surface area contributed by atoms with Gasteiger partial charge in [-0.2, -0.15) is 0 Å². The molecule has 0 aliphatic carbocycles. The van der Waals surface area contributed by atoms with Gasteiger partial charge in [-0.15, -0.1) is 11.3 Å². The van der Waals surface area contributed by atoms with Crippen molar-refractivity contribution >= 4 is 45.6 Å². The first-order valence-corrected chi connectivity index (χ1v) is 8.81. The maximum atomic E-state index is 11.9. The molecule has 0 unspecified atom stereocenters. The van der Waals surface area contributed by atoms with E-state index in [1.165, 1.54) is 11.3 Å². The highest BCUT2D eigenvalue weighted by molar-refractivity contribution is 7.15. The van der Waals surface area contributed by atoms with Crippen LogP contribution in [0.25, 0.3) is 0 Å². The third-order valence-electron chi connectivity index (χ3n) is 3.14. The van der Waals surface area contributed by atoms with Crippen LogP contribution < -0.4 is 10.1 Å². The molecule has 3 rings (SSSR count). The van der Waals surface area contributed by atoms with Gasteiger partial charge in [-0.25, -0.2) is 4.98 Å². The van der Waals surface area contributed by atoms with Gasteiger partial charge < -0.3 is 9.26 Å². The predicted molar refractivity (Wildman–Crippen MR) is 96.7 cm³/mol. The van der Waals surface area contributed by atoms with Gasteiger partial charge in [0.1, 0.15) is 5.76 Å². The molecule has 1 amide bonds. The molecule has 0 radical (unpaired) electrons. The number of carbonyl (C=O) groups is 1. The van der Waals surface area contributed by atoms with Crippen LogP contribution in [-0.4, -0.2) is 22.7 Å². The summed E-state index contributed by atoms with van der Waals surface area (Å²) >= 11 is 13.4. The van der Waals surface area contributed by atoms with E-state index in [0.717, 1.165) is 10.4 Å². The quantitative estimate of drug-likeness (QED) is 0.668. The summed E-state index contributed by atoms with van der Waals surface area (Å²) in [5.74, 6) is 0.553. The van der Waals surface area contributed by atoms with Crippen LogP contribution in [0.1, 0.15) is 16.2 Å². The van der Waals surface area contributed by atoms with Crippen LogP contribution in [-0.2, 0) is 11.2 Å². The lowest BCUT2D eigenvalue weighted by Gasteiger charge is -2.03. The van der Waals surface area contributed by atoms with E-state index in [-0.39, 0.29) is 18.4 Å². The van der Waals surface area contributed by atoms with Gasteiger partial charge in [0.2, 0.25) is 0 Å². The van der Waals surface area contributed by atoms with Crippen LogP contribution in [0.3, 0.4) is 0 Å². The standard InChI is InChI=1S/C16H13Cl2N3O3S/c1-9-4-15(21-24-9)23-8-14(22)20-16-19-7-12(25-16)5-10-2-3-11(17)6-13(10)18/h2-4,6-7H,5,8H2,1H3,(H,19,20,22). The zero-order chi connectivity index (χ0) is 17.8. The largest absolute Gasteiger partial charge is 0.465 e. The number of benzene rings is 1. The predicted octanol–water partition coefficient (Wildman–Crippen LogP) is 4.35. The maximum Gasteiger partial charge on any atom is 0.264 e. The summed E-state index contributed by atoms with van der Waals surface area (Å²) in [7, 11) is 0. The summed E-state index contributed by atoms with van der Waals surface area (Å²) < 4.78 is 10.1. The van der Waals surface area contributed by atoms with Gasteiger partial charge in [-0.05, 0) is 29.8 Å². The molecular weight excluding hydrogens is 385 g/mol. The van der Waals surface area contributed by atoms with Gasteiger partial charge >= 0.3 is 0 Å². The minimum Gasteiger partial charge on any atom is -0.465 e. The second kappa shape index (κ2) is 7.86. The van der Waals surface area contributed by atoms with Crippen molar-refractivity contribution in [2.45, 2.75) is 13.3 Å². The minimum atomic E-state index is -0.328. The number of hydrogen-bond acceptors (Lipinski definition) is 6. The molecule has 0 spiro atoms. The van der Waals surface area contributed by atoms with Crippen LogP contribution in [0.4, 0.5) is 5.13 Å². The van der Waals surface area contributed by atoms with Crippen molar-refractivity contribution in [2.75, 3.05) is 11.9 Å². The Morgan fingerprint density at radius 3 is 2.92 bits per heavy atom. The summed E-state index contributed by atoms with van der Waals surface area (Å²) in [6.45, 7) is 1.56. The number of anilines is 1. The highest BCUT2D eigenvalue weighted by Crippen LogP contribution is 2.26. The molecule has 0 fully saturated rings. The Morgan fingerprint density at radius 2 is 2.20 bits per heavy atom. The highest BCUT2D eigenvalue weighted by atomic mass is 35.5. The van der Waals surface area contributed by atoms with Crippen molar-refractivity contribution in [3.63, 3.8) is 0 Å². The van der Waals surface area contributed by atoms with Crippen molar-refractivity contribution in [3.05, 3.63) is 56.7 Å². The van der Waals surface area contributed by atoms with Crippen molar-refractivity contribution < 1.29 is 14.1 Å². The zero-order valence-electron chi connectivity index (χ0n) is 13.1. The monoisotopic (exact) mass is 397 g/mol. The van der Waals surface area contributed by atoms with Crippen molar-refractivity contribution in [1.82, 2.24) is 10.1 Å². The molecule has 2 aromatic heterocycles. The molecule has 6 nitrogen and oxygen atoms in total. The molecule has 3 aromatic rings. The number of nitrogens with zero attached hydrogens (tertiary/aromatic N) is 2. The summed E-state index contributed by atoms with van der Waals surface area (Å²) in [4.78, 5) is 17.0. The molecular formula is C16H13Cl2N3O3S. The van der Waals surface area contributed by atoms with Crippen molar-refractivity contribution in [1.29, 1.82) is 0 Å². The second-order valence-corrected chi connectivity index (χ2v) is 7.12. The summed E-state index contributed by atoms with van der Waals surface area (Å²) in [5.41, 5.74) is 0.942. The first-order valence-electron chi connectivity index (χ1n) is 7.24. The number of rotatable bonds is 6. The Labute approximate surface area is 157 Å². The van der Waals surface area contributed by atoms with Crippen molar-refractivity contribution in [2.24, 2.45) is 0 Å². The molecule has 0 saturated heterocycles. The lowest BCUT2D eigenvalue weighted by molar-refractivity contribution is -0.118. The molecule has 0 aliphatic heterocycles. The fourth-order valence-electron chi connectivity index (χ4n) is 2.01. The minimum absolute atomic E-state index is 0.177. The lowest BCUT2D eigenvalue weighted by atomic mass is 10.1. The van der Waals surface area contributed by atoms with Gasteiger partial charge in [0, 0.05) is 33.6 Å². The number of carbonyl (C=O) groups excluding carboxylic acids is 1. The van der Waals surface area contributed by atoms with Gasteiger partial charge in [0.25, 0.3) is 11.8 Å². The normalized spacial score (nSPS) is 10.7. The maximum absolute atomic E-state index is 11.9. The summed E-state index contributed by atoms with van der Waals surface area (Å²) in [6, 6.07) is 6.96. The molecule has 2 heterocycles. The Hall–Kier alpha value is -2.09. The van der Waals surface area contributed by atoms with E-state index in [1.54, 1.807) is 31.3 Å². The van der Waals surface area contributed by atoms with Gasteiger partial charge in [-0.3, -0.25) is 10.1 Å². The Balaban J connectivity index is 1.55. The van der Waals surface area contributed by atoms with Gasteiger partial charge in [-0.1, -0.05) is 29.3 Å². The van der Waals surface area contributed by atoms with Gasteiger partial charge in [0.05, 0.1) is 0 Å². The fraction of sp³-hybridized carbons (Fsp3) is 0.188. The summed E-state index contributed by atoms with van der Waals surface area (Å²) in [5, 5.41) is 8.01. The molecule has 25 heavy (non-hydrogen) atoms. The van der Waals surface area contributed by atoms with E-state index in [1.807, 2.05) is 6.07 Å². The number of aromatic nitrogens is 2. The Kier molecular flexibility index (Phi) is 5.57. The molecule has 1 N–H and O–H groups in total. The number of nitrogens with one attached hydrogen (secondary N) is 1. The Bertz CT molecular complexity index is 894. The van der Waals surface area contributed by atoms with Crippen LogP contribution >= 0.6 is 34.5 Å². The molecule has 0 saturated carbocycles. The summed E-state index contributed by atoms with van der Waals surface area (Å²) in [6.07, 6.45) is 2.31. The van der Waals surface area contributed by atoms with E-state index >= 15 is 0 Å². The average molecular weight is 398 g/mol. The Morgan fingerprint density at radius 1 is 1.36 bits per heavy atom. The number of hydrogen-bond donors (Lipinski definition) is 1. The molecule has 130 valence electrons. The topological polar surface area (TPSA) is 77.2 Å². The third-order valence-corrected chi connectivity index (χ3v) is 4.64. The number of halogens is 2. The van der Waals surface area contributed by atoms with Crippen LogP contribution in [0.2, 0.25) is 10.0 Å². The van der Waals surface area contributed by atoms with E-state index in [0.29, 0.717) is 27.4 Å². The van der Waals surface area contributed by atoms with Crippen LogP contribution in [0, 0.1) is 6.92 Å². The zero-order valence-corrected chi connectivity index (χ0v) is 15.4.